The molecule has 4 heteroatoms. The van der Waals surface area contributed by atoms with Crippen molar-refractivity contribution in [3.05, 3.63) is 35.4 Å². The zero-order chi connectivity index (χ0) is 14.2. The lowest BCUT2D eigenvalue weighted by Crippen LogP contribution is -2.43. The molecule has 0 aliphatic heterocycles. The molecule has 0 saturated heterocycles. The average molecular weight is 274 g/mol. The van der Waals surface area contributed by atoms with Crippen LogP contribution in [0.3, 0.4) is 0 Å². The summed E-state index contributed by atoms with van der Waals surface area (Å²) in [5, 5.41) is 13.1. The van der Waals surface area contributed by atoms with E-state index in [1.165, 1.54) is 6.42 Å². The van der Waals surface area contributed by atoms with E-state index in [9.17, 15) is 9.90 Å². The van der Waals surface area contributed by atoms with Gasteiger partial charge in [-0.15, -0.1) is 0 Å². The first-order valence-corrected chi connectivity index (χ1v) is 7.39. The summed E-state index contributed by atoms with van der Waals surface area (Å²) in [5.41, 5.74) is 7.98. The van der Waals surface area contributed by atoms with Gasteiger partial charge in [-0.2, -0.15) is 0 Å². The lowest BCUT2D eigenvalue weighted by Gasteiger charge is -2.40. The summed E-state index contributed by atoms with van der Waals surface area (Å²) < 4.78 is 0. The van der Waals surface area contributed by atoms with Crippen molar-refractivity contribution >= 4 is 5.91 Å². The number of benzene rings is 1. The molecule has 4 N–H and O–H groups in total. The minimum atomic E-state index is -0.522. The quantitative estimate of drug-likeness (QED) is 0.774. The molecule has 0 unspecified atom stereocenters. The lowest BCUT2D eigenvalue weighted by molar-refractivity contribution is -0.126. The highest BCUT2D eigenvalue weighted by atomic mass is 16.3. The summed E-state index contributed by atoms with van der Waals surface area (Å²) in [6.45, 7) is 0.574. The maximum Gasteiger partial charge on any atom is 0.221 e. The highest BCUT2D eigenvalue weighted by molar-refractivity contribution is 5.77. The second-order valence-electron chi connectivity index (χ2n) is 6.25. The molecule has 2 atom stereocenters. The molecule has 1 amide bonds. The molecule has 0 spiro atoms. The van der Waals surface area contributed by atoms with Gasteiger partial charge >= 0.3 is 0 Å². The Hall–Kier alpha value is -1.39. The number of nitrogens with one attached hydrogen (secondary N) is 1. The van der Waals surface area contributed by atoms with Crippen molar-refractivity contribution in [1.29, 1.82) is 0 Å². The fourth-order valence-electron chi connectivity index (χ4n) is 3.44. The number of carbonyl (C=O) groups is 1. The Labute approximate surface area is 119 Å². The average Bonchev–Trinajstić information content (AvgIpc) is 2.71. The zero-order valence-corrected chi connectivity index (χ0v) is 11.6. The van der Waals surface area contributed by atoms with Crippen LogP contribution < -0.4 is 11.1 Å². The number of hydrogen-bond donors (Lipinski definition) is 3. The molecule has 1 aromatic rings. The SMILES string of the molecule is NCC1(CC(=O)N[C@H]2c3ccccc3C[C@H]2O)CCC1. The topological polar surface area (TPSA) is 75.4 Å². The van der Waals surface area contributed by atoms with Crippen molar-refractivity contribution in [2.24, 2.45) is 11.1 Å². The van der Waals surface area contributed by atoms with Crippen LogP contribution in [0.2, 0.25) is 0 Å². The maximum absolute atomic E-state index is 12.2. The molecule has 20 heavy (non-hydrogen) atoms. The predicted octanol–water partition coefficient (Wildman–Crippen LogP) is 1.28. The molecule has 1 saturated carbocycles. The van der Waals surface area contributed by atoms with E-state index in [4.69, 9.17) is 5.73 Å². The van der Waals surface area contributed by atoms with E-state index in [2.05, 4.69) is 5.32 Å². The first kappa shape index (κ1) is 13.6. The third-order valence-corrected chi connectivity index (χ3v) is 4.90. The van der Waals surface area contributed by atoms with E-state index in [1.807, 2.05) is 24.3 Å². The van der Waals surface area contributed by atoms with E-state index in [0.29, 0.717) is 19.4 Å². The van der Waals surface area contributed by atoms with E-state index < -0.39 is 6.10 Å². The van der Waals surface area contributed by atoms with Gasteiger partial charge in [-0.05, 0) is 35.9 Å². The van der Waals surface area contributed by atoms with Crippen LogP contribution in [0.4, 0.5) is 0 Å². The van der Waals surface area contributed by atoms with Gasteiger partial charge in [-0.25, -0.2) is 0 Å². The highest BCUT2D eigenvalue weighted by Gasteiger charge is 2.39. The van der Waals surface area contributed by atoms with E-state index in [1.54, 1.807) is 0 Å². The van der Waals surface area contributed by atoms with Crippen molar-refractivity contribution in [1.82, 2.24) is 5.32 Å². The van der Waals surface area contributed by atoms with Crippen LogP contribution in [0, 0.1) is 5.41 Å². The van der Waals surface area contributed by atoms with Gasteiger partial charge in [-0.3, -0.25) is 4.79 Å². The van der Waals surface area contributed by atoms with Crippen LogP contribution in [0.25, 0.3) is 0 Å². The molecular weight excluding hydrogens is 252 g/mol. The Kier molecular flexibility index (Phi) is 3.52. The second kappa shape index (κ2) is 5.19. The van der Waals surface area contributed by atoms with Gasteiger partial charge in [0, 0.05) is 12.8 Å². The van der Waals surface area contributed by atoms with Gasteiger partial charge in [0.2, 0.25) is 5.91 Å². The zero-order valence-electron chi connectivity index (χ0n) is 11.6. The van der Waals surface area contributed by atoms with Crippen LogP contribution in [0.5, 0.6) is 0 Å². The molecule has 108 valence electrons. The Bertz CT molecular complexity index is 505. The molecular formula is C16H22N2O2. The number of fused-ring (bicyclic) bond motifs is 1. The number of rotatable bonds is 4. The van der Waals surface area contributed by atoms with Crippen molar-refractivity contribution in [2.45, 2.75) is 44.2 Å². The fourth-order valence-corrected chi connectivity index (χ4v) is 3.44. The van der Waals surface area contributed by atoms with Gasteiger partial charge in [0.25, 0.3) is 0 Å². The monoisotopic (exact) mass is 274 g/mol. The third kappa shape index (κ3) is 2.34. The minimum Gasteiger partial charge on any atom is -0.390 e. The molecule has 1 aromatic carbocycles. The lowest BCUT2D eigenvalue weighted by atomic mass is 9.66. The number of hydrogen-bond acceptors (Lipinski definition) is 3. The standard InChI is InChI=1S/C16H22N2O2/c17-10-16(6-3-7-16)9-14(20)18-15-12-5-2-1-4-11(12)8-13(15)19/h1-2,4-5,13,15,19H,3,6-10,17H2,(H,18,20)/t13-,15+/m1/s1. The van der Waals surface area contributed by atoms with Crippen LogP contribution in [-0.2, 0) is 11.2 Å². The molecule has 0 aromatic heterocycles. The van der Waals surface area contributed by atoms with Gasteiger partial charge < -0.3 is 16.2 Å². The van der Waals surface area contributed by atoms with E-state index in [-0.39, 0.29) is 17.4 Å². The normalized spacial score (nSPS) is 26.7. The third-order valence-electron chi connectivity index (χ3n) is 4.90. The van der Waals surface area contributed by atoms with Crippen LogP contribution in [0.15, 0.2) is 24.3 Å². The first-order valence-electron chi connectivity index (χ1n) is 7.39. The van der Waals surface area contributed by atoms with Crippen molar-refractivity contribution in [3.63, 3.8) is 0 Å². The maximum atomic E-state index is 12.2. The Morgan fingerprint density at radius 1 is 1.40 bits per heavy atom. The minimum absolute atomic E-state index is 0.00710. The van der Waals surface area contributed by atoms with Gasteiger partial charge in [0.15, 0.2) is 0 Å². The van der Waals surface area contributed by atoms with Gasteiger partial charge in [0.1, 0.15) is 0 Å². The predicted molar refractivity (Wildman–Crippen MR) is 77.0 cm³/mol. The molecule has 4 nitrogen and oxygen atoms in total. The summed E-state index contributed by atoms with van der Waals surface area (Å²) in [7, 11) is 0. The molecule has 0 bridgehead atoms. The molecule has 1 fully saturated rings. The van der Waals surface area contributed by atoms with Crippen molar-refractivity contribution in [3.8, 4) is 0 Å². The smallest absolute Gasteiger partial charge is 0.221 e. The van der Waals surface area contributed by atoms with Crippen molar-refractivity contribution < 1.29 is 9.90 Å². The summed E-state index contributed by atoms with van der Waals surface area (Å²) in [6.07, 6.45) is 3.82. The van der Waals surface area contributed by atoms with Crippen molar-refractivity contribution in [2.75, 3.05) is 6.54 Å². The Morgan fingerprint density at radius 3 is 2.80 bits per heavy atom. The fraction of sp³-hybridized carbons (Fsp3) is 0.562. The summed E-state index contributed by atoms with van der Waals surface area (Å²) in [4.78, 5) is 12.2. The Balaban J connectivity index is 1.67. The number of aliphatic hydroxyl groups excluding tert-OH is 1. The first-order chi connectivity index (χ1) is 9.63. The number of nitrogens with two attached hydrogens (primary N) is 1. The Morgan fingerprint density at radius 2 is 2.15 bits per heavy atom. The summed E-state index contributed by atoms with van der Waals surface area (Å²) >= 11 is 0. The summed E-state index contributed by atoms with van der Waals surface area (Å²) in [5.74, 6) is 0.0101. The van der Waals surface area contributed by atoms with E-state index >= 15 is 0 Å². The molecule has 2 aliphatic rings. The van der Waals surface area contributed by atoms with Crippen LogP contribution >= 0.6 is 0 Å². The largest absolute Gasteiger partial charge is 0.390 e. The molecule has 0 radical (unpaired) electrons. The second-order valence-corrected chi connectivity index (χ2v) is 6.25. The van der Waals surface area contributed by atoms with Crippen LogP contribution in [0.1, 0.15) is 42.9 Å². The van der Waals surface area contributed by atoms with Gasteiger partial charge in [-0.1, -0.05) is 30.7 Å². The number of aliphatic hydroxyl groups is 1. The molecule has 0 heterocycles. The summed E-state index contributed by atoms with van der Waals surface area (Å²) in [6, 6.07) is 7.64. The number of amides is 1. The van der Waals surface area contributed by atoms with Gasteiger partial charge in [0.05, 0.1) is 12.1 Å². The highest BCUT2D eigenvalue weighted by Crippen LogP contribution is 2.43. The van der Waals surface area contributed by atoms with E-state index in [0.717, 1.165) is 24.0 Å². The molecule has 3 rings (SSSR count). The number of carbonyl (C=O) groups excluding carboxylic acids is 1. The molecule has 2 aliphatic carbocycles. The van der Waals surface area contributed by atoms with Crippen LogP contribution in [-0.4, -0.2) is 23.7 Å².